The van der Waals surface area contributed by atoms with Gasteiger partial charge in [-0.1, -0.05) is 0 Å². The second-order valence-corrected chi connectivity index (χ2v) is 5.46. The van der Waals surface area contributed by atoms with Crippen molar-refractivity contribution < 1.29 is 34.2 Å². The Kier molecular flexibility index (Phi) is 6.65. The van der Waals surface area contributed by atoms with Crippen molar-refractivity contribution in [1.29, 1.82) is 0 Å². The minimum Gasteiger partial charge on any atom is -0.481 e. The number of amides is 3. The third-order valence-electron chi connectivity index (χ3n) is 3.57. The van der Waals surface area contributed by atoms with E-state index in [0.717, 1.165) is 4.90 Å². The molecule has 3 amide bonds. The first kappa shape index (κ1) is 19.4. The fraction of sp³-hybridized carbons (Fsp3) is 0.615. The predicted octanol–water partition coefficient (Wildman–Crippen LogP) is -2.78. The maximum Gasteiger partial charge on any atom is 0.326 e. The molecule has 134 valence electrons. The first-order valence-corrected chi connectivity index (χ1v) is 7.22. The Bertz CT molecular complexity index is 550. The van der Waals surface area contributed by atoms with Gasteiger partial charge in [-0.2, -0.15) is 0 Å². The average molecular weight is 344 g/mol. The molecule has 1 rings (SSSR count). The summed E-state index contributed by atoms with van der Waals surface area (Å²) >= 11 is 0. The van der Waals surface area contributed by atoms with Crippen molar-refractivity contribution >= 4 is 29.7 Å². The minimum absolute atomic E-state index is 0.169. The van der Waals surface area contributed by atoms with Crippen LogP contribution in [0.2, 0.25) is 0 Å². The third-order valence-corrected chi connectivity index (χ3v) is 3.57. The summed E-state index contributed by atoms with van der Waals surface area (Å²) < 4.78 is 0. The van der Waals surface area contributed by atoms with Crippen LogP contribution in [0.15, 0.2) is 0 Å². The first-order chi connectivity index (χ1) is 11.1. The monoisotopic (exact) mass is 344 g/mol. The molecule has 1 aliphatic rings. The molecule has 1 heterocycles. The van der Waals surface area contributed by atoms with E-state index in [-0.39, 0.29) is 13.0 Å². The van der Waals surface area contributed by atoms with Crippen molar-refractivity contribution in [3.63, 3.8) is 0 Å². The second kappa shape index (κ2) is 8.24. The van der Waals surface area contributed by atoms with Crippen molar-refractivity contribution in [2.24, 2.45) is 11.5 Å². The highest BCUT2D eigenvalue weighted by atomic mass is 16.4. The molecular formula is C13H20N4O7. The highest BCUT2D eigenvalue weighted by Gasteiger charge is 2.38. The quantitative estimate of drug-likeness (QED) is 0.312. The van der Waals surface area contributed by atoms with E-state index in [9.17, 15) is 24.0 Å². The van der Waals surface area contributed by atoms with Crippen LogP contribution in [0.3, 0.4) is 0 Å². The maximum absolute atomic E-state index is 12.5. The van der Waals surface area contributed by atoms with E-state index in [1.54, 1.807) is 0 Å². The Morgan fingerprint density at radius 2 is 1.79 bits per heavy atom. The fourth-order valence-corrected chi connectivity index (χ4v) is 2.45. The predicted molar refractivity (Wildman–Crippen MR) is 78.3 cm³/mol. The average Bonchev–Trinajstić information content (AvgIpc) is 2.93. The van der Waals surface area contributed by atoms with E-state index in [1.165, 1.54) is 0 Å². The molecule has 11 nitrogen and oxygen atoms in total. The second-order valence-electron chi connectivity index (χ2n) is 5.46. The van der Waals surface area contributed by atoms with Gasteiger partial charge in [-0.25, -0.2) is 4.79 Å². The molecule has 0 saturated carbocycles. The van der Waals surface area contributed by atoms with Crippen LogP contribution < -0.4 is 16.8 Å². The lowest BCUT2D eigenvalue weighted by Gasteiger charge is -2.27. The van der Waals surface area contributed by atoms with Crippen LogP contribution in [0.25, 0.3) is 0 Å². The molecule has 24 heavy (non-hydrogen) atoms. The number of carbonyl (C=O) groups is 5. The number of carboxylic acids is 2. The molecule has 0 aliphatic carbocycles. The summed E-state index contributed by atoms with van der Waals surface area (Å²) in [6, 6.07) is -3.85. The van der Waals surface area contributed by atoms with Crippen LogP contribution in [0, 0.1) is 0 Å². The fourth-order valence-electron chi connectivity index (χ4n) is 2.45. The Morgan fingerprint density at radius 3 is 2.29 bits per heavy atom. The van der Waals surface area contributed by atoms with E-state index >= 15 is 0 Å². The highest BCUT2D eigenvalue weighted by Crippen LogP contribution is 2.19. The van der Waals surface area contributed by atoms with E-state index in [1.807, 2.05) is 0 Å². The van der Waals surface area contributed by atoms with E-state index in [0.29, 0.717) is 6.42 Å². The van der Waals surface area contributed by atoms with E-state index in [4.69, 9.17) is 21.7 Å². The number of hydrogen-bond acceptors (Lipinski definition) is 6. The Labute approximate surface area is 136 Å². The Balaban J connectivity index is 2.86. The lowest BCUT2D eigenvalue weighted by atomic mass is 10.1. The van der Waals surface area contributed by atoms with Crippen LogP contribution in [0.5, 0.6) is 0 Å². The summed E-state index contributed by atoms with van der Waals surface area (Å²) in [6.07, 6.45) is -0.479. The summed E-state index contributed by atoms with van der Waals surface area (Å²) in [7, 11) is 0. The number of rotatable bonds is 8. The number of carboxylic acid groups (broad SMARTS) is 2. The van der Waals surface area contributed by atoms with Gasteiger partial charge >= 0.3 is 11.9 Å². The van der Waals surface area contributed by atoms with Crippen molar-refractivity contribution in [2.75, 3.05) is 6.54 Å². The molecule has 1 saturated heterocycles. The van der Waals surface area contributed by atoms with Gasteiger partial charge in [0.05, 0.1) is 18.9 Å². The molecular weight excluding hydrogens is 324 g/mol. The van der Waals surface area contributed by atoms with Gasteiger partial charge in [0.25, 0.3) is 0 Å². The molecule has 0 aromatic heterocycles. The van der Waals surface area contributed by atoms with Crippen molar-refractivity contribution in [3.8, 4) is 0 Å². The maximum atomic E-state index is 12.5. The van der Waals surface area contributed by atoms with Crippen LogP contribution >= 0.6 is 0 Å². The van der Waals surface area contributed by atoms with Crippen LogP contribution in [0.1, 0.15) is 25.7 Å². The summed E-state index contributed by atoms with van der Waals surface area (Å²) in [5, 5.41) is 19.9. The van der Waals surface area contributed by atoms with Gasteiger partial charge in [0, 0.05) is 6.54 Å². The summed E-state index contributed by atoms with van der Waals surface area (Å²) in [6.45, 7) is 0.169. The molecule has 3 atom stereocenters. The smallest absolute Gasteiger partial charge is 0.326 e. The summed E-state index contributed by atoms with van der Waals surface area (Å²) in [5.41, 5.74) is 10.5. The van der Waals surface area contributed by atoms with Crippen LogP contribution in [-0.2, 0) is 24.0 Å². The SMILES string of the molecule is NC(=O)C[C@H](NC(=O)[C@@H](N)CC(=O)O)C(=O)N1CCC[C@@H]1C(=O)O. The molecule has 0 bridgehead atoms. The van der Waals surface area contributed by atoms with Crippen LogP contribution in [-0.4, -0.2) is 69.4 Å². The molecule has 11 heteroatoms. The number of carbonyl (C=O) groups excluding carboxylic acids is 3. The first-order valence-electron chi connectivity index (χ1n) is 7.22. The lowest BCUT2D eigenvalue weighted by Crippen LogP contribution is -2.55. The highest BCUT2D eigenvalue weighted by molar-refractivity contribution is 5.95. The molecule has 0 radical (unpaired) electrons. The van der Waals surface area contributed by atoms with Gasteiger partial charge in [-0.3, -0.25) is 19.2 Å². The van der Waals surface area contributed by atoms with E-state index < -0.39 is 60.6 Å². The zero-order chi connectivity index (χ0) is 18.4. The van der Waals surface area contributed by atoms with E-state index in [2.05, 4.69) is 5.32 Å². The Morgan fingerprint density at radius 1 is 1.17 bits per heavy atom. The number of hydrogen-bond donors (Lipinski definition) is 5. The van der Waals surface area contributed by atoms with Crippen molar-refractivity contribution in [1.82, 2.24) is 10.2 Å². The number of likely N-dealkylation sites (tertiary alicyclic amines) is 1. The zero-order valence-electron chi connectivity index (χ0n) is 12.8. The number of nitrogens with one attached hydrogen (secondary N) is 1. The Hall–Kier alpha value is -2.69. The number of aliphatic carboxylic acids is 2. The van der Waals surface area contributed by atoms with Gasteiger partial charge < -0.3 is 31.9 Å². The molecule has 1 fully saturated rings. The third kappa shape index (κ3) is 5.19. The van der Waals surface area contributed by atoms with Crippen molar-refractivity contribution in [2.45, 2.75) is 43.8 Å². The number of primary amides is 1. The lowest BCUT2D eigenvalue weighted by molar-refractivity contribution is -0.149. The van der Waals surface area contributed by atoms with Gasteiger partial charge in [0.2, 0.25) is 17.7 Å². The summed E-state index contributed by atoms with van der Waals surface area (Å²) in [4.78, 5) is 58.2. The van der Waals surface area contributed by atoms with Gasteiger partial charge in [-0.05, 0) is 12.8 Å². The standard InChI is InChI=1S/C13H20N4O7/c14-6(4-10(19)20)11(21)16-7(5-9(15)18)12(22)17-3-1-2-8(17)13(23)24/h6-8H,1-5,14H2,(H2,15,18)(H,16,21)(H,19,20)(H,23,24)/t6-,7-,8+/m0/s1. The largest absolute Gasteiger partial charge is 0.481 e. The number of nitrogens with two attached hydrogens (primary N) is 2. The zero-order valence-corrected chi connectivity index (χ0v) is 12.8. The topological polar surface area (TPSA) is 193 Å². The minimum atomic E-state index is -1.42. The molecule has 1 aliphatic heterocycles. The molecule has 0 unspecified atom stereocenters. The van der Waals surface area contributed by atoms with Crippen molar-refractivity contribution in [3.05, 3.63) is 0 Å². The molecule has 0 aromatic carbocycles. The molecule has 0 spiro atoms. The van der Waals surface area contributed by atoms with Gasteiger partial charge in [0.1, 0.15) is 12.1 Å². The summed E-state index contributed by atoms with van der Waals surface area (Å²) in [5.74, 6) is -5.09. The van der Waals surface area contributed by atoms with Gasteiger partial charge in [0.15, 0.2) is 0 Å². The normalized spacial score (nSPS) is 19.4. The molecule has 7 N–H and O–H groups in total. The van der Waals surface area contributed by atoms with Crippen LogP contribution in [0.4, 0.5) is 0 Å². The van der Waals surface area contributed by atoms with Gasteiger partial charge in [-0.15, -0.1) is 0 Å². The number of nitrogens with zero attached hydrogens (tertiary/aromatic N) is 1. The molecule has 0 aromatic rings.